The van der Waals surface area contributed by atoms with E-state index in [4.69, 9.17) is 4.74 Å². The first kappa shape index (κ1) is 17.6. The molecule has 0 aliphatic carbocycles. The first-order valence-corrected chi connectivity index (χ1v) is 9.16. The van der Waals surface area contributed by atoms with Gasteiger partial charge in [-0.2, -0.15) is 8.78 Å². The van der Waals surface area contributed by atoms with E-state index in [1.165, 1.54) is 0 Å². The summed E-state index contributed by atoms with van der Waals surface area (Å²) in [5, 5.41) is 0. The number of hydrogen-bond acceptors (Lipinski definition) is 4. The third kappa shape index (κ3) is 4.68. The lowest BCUT2D eigenvalue weighted by molar-refractivity contribution is -0.142. The van der Waals surface area contributed by atoms with Crippen molar-refractivity contribution in [2.24, 2.45) is 0 Å². The average molecular weight is 356 g/mol. The molecule has 0 radical (unpaired) electrons. The second-order valence-corrected chi connectivity index (χ2v) is 7.19. The summed E-state index contributed by atoms with van der Waals surface area (Å²) in [4.78, 5) is 17.1. The van der Waals surface area contributed by atoms with E-state index >= 15 is 0 Å². The number of amides is 1. The highest BCUT2D eigenvalue weighted by atomic mass is 32.2. The quantitative estimate of drug-likeness (QED) is 0.760. The summed E-state index contributed by atoms with van der Waals surface area (Å²) < 4.78 is 30.1. The monoisotopic (exact) mass is 356 g/mol. The molecule has 0 saturated carbocycles. The highest BCUT2D eigenvalue weighted by molar-refractivity contribution is 7.99. The highest BCUT2D eigenvalue weighted by Crippen LogP contribution is 2.25. The van der Waals surface area contributed by atoms with E-state index in [1.807, 2.05) is 17.0 Å². The van der Waals surface area contributed by atoms with Crippen molar-refractivity contribution in [3.8, 4) is 0 Å². The number of nitrogens with zero attached hydrogens (tertiary/aromatic N) is 2. The van der Waals surface area contributed by atoms with Crippen LogP contribution in [0.15, 0.2) is 29.2 Å². The standard InChI is InChI=1S/C17H22F2N2O2S/c18-17(19)24-14-5-3-13(4-6-14)12-20-7-9-21(10-8-20)16(22)15-2-1-11-23-15/h3-6,15,17H,1-2,7-12H2. The zero-order valence-electron chi connectivity index (χ0n) is 13.5. The molecule has 4 nitrogen and oxygen atoms in total. The molecule has 7 heteroatoms. The predicted molar refractivity (Wildman–Crippen MR) is 89.1 cm³/mol. The van der Waals surface area contributed by atoms with Gasteiger partial charge in [0.25, 0.3) is 11.7 Å². The Morgan fingerprint density at radius 3 is 2.50 bits per heavy atom. The van der Waals surface area contributed by atoms with Crippen molar-refractivity contribution in [1.29, 1.82) is 0 Å². The number of benzene rings is 1. The van der Waals surface area contributed by atoms with Gasteiger partial charge in [0, 0.05) is 44.2 Å². The summed E-state index contributed by atoms with van der Waals surface area (Å²) in [6.45, 7) is 4.56. The Balaban J connectivity index is 1.45. The lowest BCUT2D eigenvalue weighted by Gasteiger charge is -2.35. The maximum Gasteiger partial charge on any atom is 0.288 e. The second kappa shape index (κ2) is 8.27. The summed E-state index contributed by atoms with van der Waals surface area (Å²) in [5.41, 5.74) is 1.10. The van der Waals surface area contributed by atoms with E-state index in [9.17, 15) is 13.6 Å². The third-order valence-electron chi connectivity index (χ3n) is 4.44. The van der Waals surface area contributed by atoms with Gasteiger partial charge in [-0.05, 0) is 30.5 Å². The molecule has 2 aliphatic rings. The van der Waals surface area contributed by atoms with Crippen molar-refractivity contribution in [1.82, 2.24) is 9.80 Å². The first-order valence-electron chi connectivity index (χ1n) is 8.28. The maximum absolute atomic E-state index is 12.3. The van der Waals surface area contributed by atoms with Crippen LogP contribution in [0.5, 0.6) is 0 Å². The minimum atomic E-state index is -2.38. The van der Waals surface area contributed by atoms with Crippen LogP contribution in [0.4, 0.5) is 8.78 Å². The fraction of sp³-hybridized carbons (Fsp3) is 0.588. The zero-order chi connectivity index (χ0) is 16.9. The fourth-order valence-corrected chi connectivity index (χ4v) is 3.64. The molecule has 1 aromatic carbocycles. The van der Waals surface area contributed by atoms with E-state index in [2.05, 4.69) is 4.90 Å². The predicted octanol–water partition coefficient (Wildman–Crippen LogP) is 2.82. The van der Waals surface area contributed by atoms with Crippen molar-refractivity contribution in [2.75, 3.05) is 32.8 Å². The SMILES string of the molecule is O=C(C1CCCO1)N1CCN(Cc2ccc(SC(F)F)cc2)CC1. The van der Waals surface area contributed by atoms with Gasteiger partial charge in [-0.25, -0.2) is 0 Å². The Hall–Kier alpha value is -1.18. The van der Waals surface area contributed by atoms with Gasteiger partial charge in [0.2, 0.25) is 0 Å². The number of hydrogen-bond donors (Lipinski definition) is 0. The molecule has 24 heavy (non-hydrogen) atoms. The second-order valence-electron chi connectivity index (χ2n) is 6.13. The first-order chi connectivity index (χ1) is 11.6. The number of halogens is 2. The van der Waals surface area contributed by atoms with Crippen LogP contribution in [-0.4, -0.2) is 60.4 Å². The van der Waals surface area contributed by atoms with Gasteiger partial charge >= 0.3 is 0 Å². The van der Waals surface area contributed by atoms with Crippen molar-refractivity contribution < 1.29 is 18.3 Å². The lowest BCUT2D eigenvalue weighted by Crippen LogP contribution is -2.51. The van der Waals surface area contributed by atoms with Crippen LogP contribution in [-0.2, 0) is 16.1 Å². The topological polar surface area (TPSA) is 32.8 Å². The summed E-state index contributed by atoms with van der Waals surface area (Å²) in [6.07, 6.45) is 1.56. The average Bonchev–Trinajstić information content (AvgIpc) is 3.11. The van der Waals surface area contributed by atoms with Crippen LogP contribution in [0.25, 0.3) is 0 Å². The van der Waals surface area contributed by atoms with Gasteiger partial charge < -0.3 is 9.64 Å². The normalized spacial score (nSPS) is 22.3. The van der Waals surface area contributed by atoms with Crippen molar-refractivity contribution in [3.05, 3.63) is 29.8 Å². The molecule has 1 aromatic rings. The van der Waals surface area contributed by atoms with Gasteiger partial charge in [0.1, 0.15) is 6.10 Å². The van der Waals surface area contributed by atoms with E-state index in [1.54, 1.807) is 12.1 Å². The number of rotatable bonds is 5. The molecule has 2 heterocycles. The summed E-state index contributed by atoms with van der Waals surface area (Å²) in [5.74, 6) is -2.26. The Bertz CT molecular complexity index is 542. The van der Waals surface area contributed by atoms with Crippen LogP contribution in [0, 0.1) is 0 Å². The number of thioether (sulfide) groups is 1. The molecule has 2 saturated heterocycles. The van der Waals surface area contributed by atoms with Crippen LogP contribution < -0.4 is 0 Å². The van der Waals surface area contributed by atoms with E-state index in [0.717, 1.165) is 51.1 Å². The largest absolute Gasteiger partial charge is 0.368 e. The summed E-state index contributed by atoms with van der Waals surface area (Å²) in [6, 6.07) is 7.27. The van der Waals surface area contributed by atoms with Gasteiger partial charge in [-0.3, -0.25) is 9.69 Å². The third-order valence-corrected chi connectivity index (χ3v) is 5.17. The molecule has 1 atom stereocenters. The van der Waals surface area contributed by atoms with Crippen LogP contribution in [0.3, 0.4) is 0 Å². The zero-order valence-corrected chi connectivity index (χ0v) is 14.3. The smallest absolute Gasteiger partial charge is 0.288 e. The van der Waals surface area contributed by atoms with Gasteiger partial charge in [-0.1, -0.05) is 23.9 Å². The van der Waals surface area contributed by atoms with Crippen molar-refractivity contribution in [2.45, 2.75) is 36.1 Å². The van der Waals surface area contributed by atoms with Gasteiger partial charge in [0.15, 0.2) is 0 Å². The fourth-order valence-electron chi connectivity index (χ4n) is 3.14. The van der Waals surface area contributed by atoms with Crippen LogP contribution in [0.1, 0.15) is 18.4 Å². The van der Waals surface area contributed by atoms with Crippen LogP contribution in [0.2, 0.25) is 0 Å². The molecule has 1 amide bonds. The Morgan fingerprint density at radius 1 is 1.21 bits per heavy atom. The van der Waals surface area contributed by atoms with E-state index in [0.29, 0.717) is 23.3 Å². The molecule has 132 valence electrons. The maximum atomic E-state index is 12.3. The van der Waals surface area contributed by atoms with E-state index in [-0.39, 0.29) is 12.0 Å². The van der Waals surface area contributed by atoms with E-state index < -0.39 is 5.76 Å². The number of carbonyl (C=O) groups is 1. The van der Waals surface area contributed by atoms with Gasteiger partial charge in [-0.15, -0.1) is 0 Å². The molecule has 2 aliphatic heterocycles. The minimum Gasteiger partial charge on any atom is -0.368 e. The number of ether oxygens (including phenoxy) is 1. The van der Waals surface area contributed by atoms with Crippen molar-refractivity contribution >= 4 is 17.7 Å². The molecule has 0 spiro atoms. The van der Waals surface area contributed by atoms with Crippen molar-refractivity contribution in [3.63, 3.8) is 0 Å². The Labute approximate surface area is 145 Å². The number of alkyl halides is 2. The Morgan fingerprint density at radius 2 is 1.92 bits per heavy atom. The number of piperazine rings is 1. The lowest BCUT2D eigenvalue weighted by atomic mass is 10.1. The van der Waals surface area contributed by atoms with Crippen LogP contribution >= 0.6 is 11.8 Å². The molecular formula is C17H22F2N2O2S. The Kier molecular flexibility index (Phi) is 6.08. The molecule has 1 unspecified atom stereocenters. The molecular weight excluding hydrogens is 334 g/mol. The molecule has 0 N–H and O–H groups in total. The highest BCUT2D eigenvalue weighted by Gasteiger charge is 2.30. The van der Waals surface area contributed by atoms with Gasteiger partial charge in [0.05, 0.1) is 0 Å². The summed E-state index contributed by atoms with van der Waals surface area (Å²) >= 11 is 0.566. The molecule has 3 rings (SSSR count). The summed E-state index contributed by atoms with van der Waals surface area (Å²) in [7, 11) is 0. The molecule has 0 aromatic heterocycles. The molecule has 0 bridgehead atoms. The minimum absolute atomic E-state index is 0.125. The molecule has 2 fully saturated rings. The number of carbonyl (C=O) groups excluding carboxylic acids is 1.